The molecule has 0 saturated carbocycles. The Morgan fingerprint density at radius 3 is 2.83 bits per heavy atom. The lowest BCUT2D eigenvalue weighted by Gasteiger charge is -2.11. The van der Waals surface area contributed by atoms with Gasteiger partial charge >= 0.3 is 0 Å². The summed E-state index contributed by atoms with van der Waals surface area (Å²) in [4.78, 5) is 13.8. The SMILES string of the molecule is Cn1cnc2ccc(Nc3nc(-c4ccc5cnn(C)c5c4)cn4ccnc34)cc21. The molecule has 0 bridgehead atoms. The van der Waals surface area contributed by atoms with E-state index in [0.717, 1.165) is 44.5 Å². The predicted molar refractivity (Wildman–Crippen MR) is 117 cm³/mol. The number of fused-ring (bicyclic) bond motifs is 3. The monoisotopic (exact) mass is 394 g/mol. The molecule has 4 heterocycles. The van der Waals surface area contributed by atoms with Crippen LogP contribution in [-0.4, -0.2) is 33.7 Å². The molecular weight excluding hydrogens is 376 g/mol. The minimum absolute atomic E-state index is 0.698. The highest BCUT2D eigenvalue weighted by Crippen LogP contribution is 2.28. The Morgan fingerprint density at radius 2 is 1.90 bits per heavy atom. The van der Waals surface area contributed by atoms with Gasteiger partial charge in [-0.1, -0.05) is 12.1 Å². The lowest BCUT2D eigenvalue weighted by molar-refractivity contribution is 0.797. The van der Waals surface area contributed by atoms with Gasteiger partial charge in [0.2, 0.25) is 0 Å². The van der Waals surface area contributed by atoms with E-state index in [9.17, 15) is 0 Å². The highest BCUT2D eigenvalue weighted by molar-refractivity contribution is 5.85. The number of aromatic nitrogens is 7. The average molecular weight is 394 g/mol. The van der Waals surface area contributed by atoms with Crippen molar-refractivity contribution in [2.45, 2.75) is 0 Å². The van der Waals surface area contributed by atoms with Crippen LogP contribution in [0, 0.1) is 0 Å². The molecule has 6 rings (SSSR count). The second-order valence-electron chi connectivity index (χ2n) is 7.36. The Bertz CT molecular complexity index is 1550. The second kappa shape index (κ2) is 6.15. The van der Waals surface area contributed by atoms with Crippen LogP contribution >= 0.6 is 0 Å². The quantitative estimate of drug-likeness (QED) is 0.492. The van der Waals surface area contributed by atoms with Crippen molar-refractivity contribution >= 4 is 39.1 Å². The predicted octanol–water partition coefficient (Wildman–Crippen LogP) is 3.91. The zero-order valence-corrected chi connectivity index (χ0v) is 16.5. The van der Waals surface area contributed by atoms with Crippen LogP contribution in [0.3, 0.4) is 0 Å². The fourth-order valence-electron chi connectivity index (χ4n) is 3.80. The maximum absolute atomic E-state index is 4.90. The van der Waals surface area contributed by atoms with Gasteiger partial charge in [0.1, 0.15) is 0 Å². The molecule has 146 valence electrons. The molecular formula is C22H18N8. The summed E-state index contributed by atoms with van der Waals surface area (Å²) < 4.78 is 5.86. The summed E-state index contributed by atoms with van der Waals surface area (Å²) in [6.07, 6.45) is 9.39. The Hall–Kier alpha value is -4.20. The summed E-state index contributed by atoms with van der Waals surface area (Å²) in [5, 5.41) is 8.88. The van der Waals surface area contributed by atoms with Gasteiger partial charge in [-0.3, -0.25) is 4.68 Å². The summed E-state index contributed by atoms with van der Waals surface area (Å²) in [6, 6.07) is 12.3. The smallest absolute Gasteiger partial charge is 0.180 e. The van der Waals surface area contributed by atoms with Crippen LogP contribution in [0.1, 0.15) is 0 Å². The normalized spacial score (nSPS) is 11.7. The van der Waals surface area contributed by atoms with E-state index in [1.54, 1.807) is 6.20 Å². The van der Waals surface area contributed by atoms with E-state index in [1.807, 2.05) is 64.8 Å². The fourth-order valence-corrected chi connectivity index (χ4v) is 3.80. The summed E-state index contributed by atoms with van der Waals surface area (Å²) in [5.41, 5.74) is 6.65. The molecule has 0 saturated heterocycles. The molecule has 0 aliphatic carbocycles. The molecule has 8 heteroatoms. The van der Waals surface area contributed by atoms with Gasteiger partial charge in [-0.05, 0) is 24.3 Å². The van der Waals surface area contributed by atoms with E-state index < -0.39 is 0 Å². The number of imidazole rings is 2. The van der Waals surface area contributed by atoms with Gasteiger partial charge in [-0.2, -0.15) is 5.10 Å². The Kier molecular flexibility index (Phi) is 3.43. The molecule has 0 aliphatic heterocycles. The number of hydrogen-bond donors (Lipinski definition) is 1. The minimum Gasteiger partial charge on any atom is -0.337 e. The summed E-state index contributed by atoms with van der Waals surface area (Å²) >= 11 is 0. The molecule has 0 atom stereocenters. The first kappa shape index (κ1) is 16.7. The zero-order valence-electron chi connectivity index (χ0n) is 16.5. The van der Waals surface area contributed by atoms with Crippen molar-refractivity contribution in [3.63, 3.8) is 0 Å². The number of rotatable bonds is 3. The fraction of sp³-hybridized carbons (Fsp3) is 0.0909. The third-order valence-electron chi connectivity index (χ3n) is 5.41. The first-order valence-corrected chi connectivity index (χ1v) is 9.60. The lowest BCUT2D eigenvalue weighted by atomic mass is 10.1. The molecule has 0 radical (unpaired) electrons. The second-order valence-corrected chi connectivity index (χ2v) is 7.36. The van der Waals surface area contributed by atoms with Crippen LogP contribution in [0.25, 0.3) is 38.8 Å². The van der Waals surface area contributed by atoms with E-state index >= 15 is 0 Å². The van der Waals surface area contributed by atoms with Crippen LogP contribution in [0.15, 0.2) is 67.5 Å². The molecule has 0 aliphatic rings. The van der Waals surface area contributed by atoms with E-state index in [4.69, 9.17) is 4.98 Å². The van der Waals surface area contributed by atoms with Gasteiger partial charge in [0.05, 0.1) is 34.8 Å². The minimum atomic E-state index is 0.698. The Morgan fingerprint density at radius 1 is 0.967 bits per heavy atom. The standard InChI is InChI=1S/C22H18N8/c1-28-13-24-17-6-5-16(10-20(17)28)26-21-22-23-7-8-30(22)12-18(27-21)14-3-4-15-11-25-29(2)19(15)9-14/h3-13H,1-2H3,(H,26,27). The number of anilines is 2. The van der Waals surface area contributed by atoms with Crippen molar-refractivity contribution in [3.8, 4) is 11.3 Å². The van der Waals surface area contributed by atoms with E-state index in [0.29, 0.717) is 5.82 Å². The molecule has 30 heavy (non-hydrogen) atoms. The summed E-state index contributed by atoms with van der Waals surface area (Å²) in [5.74, 6) is 0.698. The van der Waals surface area contributed by atoms with Gasteiger partial charge in [0.15, 0.2) is 11.5 Å². The first-order chi connectivity index (χ1) is 14.7. The van der Waals surface area contributed by atoms with Crippen molar-refractivity contribution in [2.75, 3.05) is 5.32 Å². The van der Waals surface area contributed by atoms with Crippen LogP contribution < -0.4 is 5.32 Å². The highest BCUT2D eigenvalue weighted by atomic mass is 15.2. The first-order valence-electron chi connectivity index (χ1n) is 9.60. The van der Waals surface area contributed by atoms with E-state index in [1.165, 1.54) is 0 Å². The van der Waals surface area contributed by atoms with Crippen LogP contribution in [0.4, 0.5) is 11.5 Å². The number of aryl methyl sites for hydroxylation is 2. The van der Waals surface area contributed by atoms with Crippen molar-refractivity contribution in [1.29, 1.82) is 0 Å². The summed E-state index contributed by atoms with van der Waals surface area (Å²) in [6.45, 7) is 0. The van der Waals surface area contributed by atoms with Gasteiger partial charge < -0.3 is 14.3 Å². The van der Waals surface area contributed by atoms with E-state index in [-0.39, 0.29) is 0 Å². The number of nitrogens with one attached hydrogen (secondary N) is 1. The third kappa shape index (κ3) is 2.54. The lowest BCUT2D eigenvalue weighted by Crippen LogP contribution is -2.00. The summed E-state index contributed by atoms with van der Waals surface area (Å²) in [7, 11) is 3.93. The average Bonchev–Trinajstić information content (AvgIpc) is 3.47. The van der Waals surface area contributed by atoms with Gasteiger partial charge in [0, 0.05) is 49.3 Å². The molecule has 0 spiro atoms. The molecule has 0 fully saturated rings. The molecule has 0 amide bonds. The Balaban J connectivity index is 1.48. The van der Waals surface area contributed by atoms with Gasteiger partial charge in [0.25, 0.3) is 0 Å². The topological polar surface area (TPSA) is 77.9 Å². The van der Waals surface area contributed by atoms with Crippen molar-refractivity contribution in [1.82, 2.24) is 33.7 Å². The molecule has 2 aromatic carbocycles. The number of nitrogens with zero attached hydrogens (tertiary/aromatic N) is 7. The van der Waals surface area contributed by atoms with Crippen LogP contribution in [0.5, 0.6) is 0 Å². The Labute approximate surface area is 171 Å². The van der Waals surface area contributed by atoms with Gasteiger partial charge in [-0.15, -0.1) is 0 Å². The molecule has 0 unspecified atom stereocenters. The third-order valence-corrected chi connectivity index (χ3v) is 5.41. The van der Waals surface area contributed by atoms with Crippen molar-refractivity contribution in [3.05, 3.63) is 67.5 Å². The molecule has 6 aromatic rings. The maximum atomic E-state index is 4.90. The molecule has 4 aromatic heterocycles. The molecule has 1 N–H and O–H groups in total. The van der Waals surface area contributed by atoms with Crippen molar-refractivity contribution in [2.24, 2.45) is 14.1 Å². The number of hydrogen-bond acceptors (Lipinski definition) is 5. The zero-order chi connectivity index (χ0) is 20.2. The maximum Gasteiger partial charge on any atom is 0.180 e. The van der Waals surface area contributed by atoms with E-state index in [2.05, 4.69) is 44.6 Å². The van der Waals surface area contributed by atoms with Crippen LogP contribution in [-0.2, 0) is 14.1 Å². The van der Waals surface area contributed by atoms with Crippen LogP contribution in [0.2, 0.25) is 0 Å². The van der Waals surface area contributed by atoms with Crippen molar-refractivity contribution < 1.29 is 0 Å². The van der Waals surface area contributed by atoms with Gasteiger partial charge in [-0.25, -0.2) is 15.0 Å². The largest absolute Gasteiger partial charge is 0.337 e. The molecule has 8 nitrogen and oxygen atoms in total. The number of benzene rings is 2. The highest BCUT2D eigenvalue weighted by Gasteiger charge is 2.12.